The van der Waals surface area contributed by atoms with Gasteiger partial charge in [0.2, 0.25) is 11.8 Å². The number of carbonyl (C=O) groups excluding carboxylic acids is 2. The van der Waals surface area contributed by atoms with Crippen LogP contribution in [0.4, 0.5) is 5.69 Å². The van der Waals surface area contributed by atoms with Crippen molar-refractivity contribution in [2.45, 2.75) is 33.2 Å². The number of carbonyl (C=O) groups is 2. The van der Waals surface area contributed by atoms with Crippen molar-refractivity contribution in [1.29, 1.82) is 0 Å². The Balaban J connectivity index is 1.95. The van der Waals surface area contributed by atoms with Crippen molar-refractivity contribution < 1.29 is 9.59 Å². The van der Waals surface area contributed by atoms with Crippen molar-refractivity contribution in [1.82, 2.24) is 14.9 Å². The molecule has 0 aliphatic carbocycles. The summed E-state index contributed by atoms with van der Waals surface area (Å²) in [6, 6.07) is 13.0. The summed E-state index contributed by atoms with van der Waals surface area (Å²) in [5.74, 6) is -0.461. The van der Waals surface area contributed by atoms with Crippen LogP contribution in [0.1, 0.15) is 23.2 Å². The predicted octanol–water partition coefficient (Wildman–Crippen LogP) is 2.33. The lowest BCUT2D eigenvalue weighted by atomic mass is 10.1. The number of para-hydroxylation sites is 3. The zero-order valence-electron chi connectivity index (χ0n) is 16.8. The summed E-state index contributed by atoms with van der Waals surface area (Å²) < 4.78 is 1.42. The van der Waals surface area contributed by atoms with Gasteiger partial charge >= 0.3 is 0 Å². The van der Waals surface area contributed by atoms with Gasteiger partial charge in [0.25, 0.3) is 5.56 Å². The van der Waals surface area contributed by atoms with Crippen molar-refractivity contribution in [3.8, 4) is 0 Å². The fraction of sp³-hybridized carbons (Fsp3) is 0.273. The molecule has 1 heterocycles. The molecule has 0 saturated heterocycles. The molecular weight excluding hydrogens is 368 g/mol. The Kier molecular flexibility index (Phi) is 6.07. The molecule has 0 fully saturated rings. The molecule has 2 N–H and O–H groups in total. The van der Waals surface area contributed by atoms with Crippen molar-refractivity contribution in [3.63, 3.8) is 0 Å². The van der Waals surface area contributed by atoms with E-state index < -0.39 is 0 Å². The maximum absolute atomic E-state index is 13.0. The Labute approximate surface area is 168 Å². The minimum atomic E-state index is -0.357. The second kappa shape index (κ2) is 8.68. The largest absolute Gasteiger partial charge is 0.359 e. The van der Waals surface area contributed by atoms with Crippen LogP contribution in [0.5, 0.6) is 0 Å². The number of hydrogen-bond acceptors (Lipinski definition) is 4. The molecule has 2 aromatic carbocycles. The second-order valence-corrected chi connectivity index (χ2v) is 6.93. The average Bonchev–Trinajstić information content (AvgIpc) is 2.71. The van der Waals surface area contributed by atoms with E-state index in [1.54, 1.807) is 25.2 Å². The van der Waals surface area contributed by atoms with E-state index in [4.69, 9.17) is 0 Å². The van der Waals surface area contributed by atoms with Gasteiger partial charge in [-0.25, -0.2) is 4.98 Å². The molecule has 3 rings (SSSR count). The third kappa shape index (κ3) is 4.51. The summed E-state index contributed by atoms with van der Waals surface area (Å²) in [5.41, 5.74) is 3.77. The van der Waals surface area contributed by atoms with Gasteiger partial charge in [-0.1, -0.05) is 30.3 Å². The van der Waals surface area contributed by atoms with Crippen LogP contribution in [0.2, 0.25) is 0 Å². The van der Waals surface area contributed by atoms with Gasteiger partial charge in [-0.15, -0.1) is 0 Å². The SMILES string of the molecule is CNC(=O)CCc1nc2ccccc2n(CC(=O)Nc2c(C)cccc2C)c1=O. The van der Waals surface area contributed by atoms with Gasteiger partial charge in [0.1, 0.15) is 12.2 Å². The molecular formula is C22H24N4O3. The van der Waals surface area contributed by atoms with Crippen LogP contribution >= 0.6 is 0 Å². The first-order chi connectivity index (χ1) is 13.9. The van der Waals surface area contributed by atoms with E-state index in [0.717, 1.165) is 16.8 Å². The van der Waals surface area contributed by atoms with Gasteiger partial charge < -0.3 is 10.6 Å². The van der Waals surface area contributed by atoms with E-state index in [1.165, 1.54) is 4.57 Å². The molecule has 0 bridgehead atoms. The van der Waals surface area contributed by atoms with E-state index in [1.807, 2.05) is 38.1 Å². The van der Waals surface area contributed by atoms with Crippen LogP contribution in [0, 0.1) is 13.8 Å². The Morgan fingerprint density at radius 3 is 2.38 bits per heavy atom. The van der Waals surface area contributed by atoms with Gasteiger partial charge in [0.05, 0.1) is 11.0 Å². The number of hydrogen-bond donors (Lipinski definition) is 2. The monoisotopic (exact) mass is 392 g/mol. The van der Waals surface area contributed by atoms with Gasteiger partial charge in [-0.3, -0.25) is 19.0 Å². The first-order valence-electron chi connectivity index (χ1n) is 9.46. The number of fused-ring (bicyclic) bond motifs is 1. The summed E-state index contributed by atoms with van der Waals surface area (Å²) in [6.07, 6.45) is 0.369. The number of amides is 2. The van der Waals surface area contributed by atoms with E-state index in [2.05, 4.69) is 15.6 Å². The molecule has 150 valence electrons. The number of anilines is 1. The zero-order chi connectivity index (χ0) is 21.0. The lowest BCUT2D eigenvalue weighted by molar-refractivity contribution is -0.120. The summed E-state index contributed by atoms with van der Waals surface area (Å²) in [7, 11) is 1.55. The maximum Gasteiger partial charge on any atom is 0.273 e. The highest BCUT2D eigenvalue weighted by Crippen LogP contribution is 2.19. The van der Waals surface area contributed by atoms with Crippen LogP contribution < -0.4 is 16.2 Å². The highest BCUT2D eigenvalue weighted by Gasteiger charge is 2.15. The van der Waals surface area contributed by atoms with Gasteiger partial charge in [0.15, 0.2) is 0 Å². The molecule has 0 radical (unpaired) electrons. The fourth-order valence-electron chi connectivity index (χ4n) is 3.26. The lowest BCUT2D eigenvalue weighted by Gasteiger charge is -2.14. The Morgan fingerprint density at radius 2 is 1.69 bits per heavy atom. The van der Waals surface area contributed by atoms with Crippen molar-refractivity contribution in [2.75, 3.05) is 12.4 Å². The molecule has 7 nitrogen and oxygen atoms in total. The minimum absolute atomic E-state index is 0.136. The highest BCUT2D eigenvalue weighted by molar-refractivity contribution is 5.93. The molecule has 0 spiro atoms. The second-order valence-electron chi connectivity index (χ2n) is 6.93. The first kappa shape index (κ1) is 20.3. The Morgan fingerprint density at radius 1 is 1.00 bits per heavy atom. The standard InChI is InChI=1S/C22H24N4O3/c1-14-7-6-8-15(2)21(14)25-20(28)13-26-18-10-5-4-9-16(18)24-17(22(26)29)11-12-19(27)23-3/h4-10H,11-13H2,1-3H3,(H,23,27)(H,25,28). The van der Waals surface area contributed by atoms with E-state index in [0.29, 0.717) is 11.0 Å². The van der Waals surface area contributed by atoms with Crippen LogP contribution in [-0.2, 0) is 22.6 Å². The predicted molar refractivity (Wildman–Crippen MR) is 113 cm³/mol. The molecule has 0 saturated carbocycles. The highest BCUT2D eigenvalue weighted by atomic mass is 16.2. The maximum atomic E-state index is 13.0. The Bertz CT molecular complexity index is 1110. The summed E-state index contributed by atoms with van der Waals surface area (Å²) in [5, 5.41) is 5.45. The van der Waals surface area contributed by atoms with Crippen LogP contribution in [0.3, 0.4) is 0 Å². The number of nitrogens with zero attached hydrogens (tertiary/aromatic N) is 2. The number of aromatic nitrogens is 2. The average molecular weight is 392 g/mol. The quantitative estimate of drug-likeness (QED) is 0.673. The number of benzene rings is 2. The van der Waals surface area contributed by atoms with Crippen LogP contribution in [0.15, 0.2) is 47.3 Å². The van der Waals surface area contributed by atoms with E-state index >= 15 is 0 Å². The van der Waals surface area contributed by atoms with Crippen LogP contribution in [-0.4, -0.2) is 28.4 Å². The molecule has 0 aliphatic heterocycles. The third-order valence-corrected chi connectivity index (χ3v) is 4.83. The van der Waals surface area contributed by atoms with Gasteiger partial charge in [0, 0.05) is 25.6 Å². The first-order valence-corrected chi connectivity index (χ1v) is 9.46. The number of nitrogens with one attached hydrogen (secondary N) is 2. The minimum Gasteiger partial charge on any atom is -0.359 e. The molecule has 0 aliphatic rings. The molecule has 7 heteroatoms. The molecule has 29 heavy (non-hydrogen) atoms. The number of aryl methyl sites for hydroxylation is 3. The summed E-state index contributed by atoms with van der Waals surface area (Å²) in [4.78, 5) is 41.7. The third-order valence-electron chi connectivity index (χ3n) is 4.83. The van der Waals surface area contributed by atoms with Crippen LogP contribution in [0.25, 0.3) is 11.0 Å². The number of rotatable bonds is 6. The summed E-state index contributed by atoms with van der Waals surface area (Å²) in [6.45, 7) is 3.71. The van der Waals surface area contributed by atoms with E-state index in [-0.39, 0.29) is 42.5 Å². The fourth-order valence-corrected chi connectivity index (χ4v) is 3.26. The Hall–Kier alpha value is -3.48. The van der Waals surface area contributed by atoms with Gasteiger partial charge in [-0.2, -0.15) is 0 Å². The van der Waals surface area contributed by atoms with Gasteiger partial charge in [-0.05, 0) is 37.1 Å². The van der Waals surface area contributed by atoms with Crippen molar-refractivity contribution >= 4 is 28.5 Å². The molecule has 0 atom stereocenters. The molecule has 2 amide bonds. The zero-order valence-corrected chi connectivity index (χ0v) is 16.8. The smallest absolute Gasteiger partial charge is 0.273 e. The lowest BCUT2D eigenvalue weighted by Crippen LogP contribution is -2.32. The van der Waals surface area contributed by atoms with Crippen molar-refractivity contribution in [2.24, 2.45) is 0 Å². The van der Waals surface area contributed by atoms with E-state index in [9.17, 15) is 14.4 Å². The molecule has 0 unspecified atom stereocenters. The van der Waals surface area contributed by atoms with Crippen molar-refractivity contribution in [3.05, 3.63) is 69.6 Å². The molecule has 3 aromatic rings. The topological polar surface area (TPSA) is 93.1 Å². The molecule has 1 aromatic heterocycles. The normalized spacial score (nSPS) is 10.7. The summed E-state index contributed by atoms with van der Waals surface area (Å²) >= 11 is 0.